The first kappa shape index (κ1) is 13.5. The minimum Gasteiger partial charge on any atom is -0.618 e. The van der Waals surface area contributed by atoms with Crippen molar-refractivity contribution < 1.29 is 9.52 Å². The van der Waals surface area contributed by atoms with Crippen LogP contribution in [-0.4, -0.2) is 5.91 Å². The van der Waals surface area contributed by atoms with Crippen LogP contribution >= 0.6 is 15.9 Å². The molecule has 2 rings (SSSR count). The number of nitrogens with one attached hydrogen (secondary N) is 1. The Kier molecular flexibility index (Phi) is 4.16. The van der Waals surface area contributed by atoms with E-state index in [0.717, 1.165) is 10.0 Å². The summed E-state index contributed by atoms with van der Waals surface area (Å²) >= 11 is 3.39. The minimum absolute atomic E-state index is 0.0874. The lowest BCUT2D eigenvalue weighted by atomic mass is 10.1. The summed E-state index contributed by atoms with van der Waals surface area (Å²) in [4.78, 5) is 12.0. The predicted molar refractivity (Wildman–Crippen MR) is 75.4 cm³/mol. The van der Waals surface area contributed by atoms with Gasteiger partial charge in [0.05, 0.1) is 6.04 Å². The Morgan fingerprint density at radius 1 is 1.32 bits per heavy atom. The fourth-order valence-electron chi connectivity index (χ4n) is 1.73. The van der Waals surface area contributed by atoms with E-state index in [4.69, 9.17) is 0 Å². The lowest BCUT2D eigenvalue weighted by Crippen LogP contribution is -2.39. The van der Waals surface area contributed by atoms with Gasteiger partial charge in [-0.15, -0.1) is 0 Å². The van der Waals surface area contributed by atoms with Crippen LogP contribution in [0.2, 0.25) is 0 Å². The minimum atomic E-state index is -0.386. The molecule has 0 saturated carbocycles. The van der Waals surface area contributed by atoms with Crippen LogP contribution in [0.25, 0.3) is 0 Å². The van der Waals surface area contributed by atoms with Crippen LogP contribution in [0.5, 0.6) is 0 Å². The Balaban J connectivity index is 2.13. The first-order chi connectivity index (χ1) is 9.08. The third-order valence-corrected chi connectivity index (χ3v) is 3.25. The summed E-state index contributed by atoms with van der Waals surface area (Å²) < 4.78 is 1.51. The maximum Gasteiger partial charge on any atom is 0.317 e. The van der Waals surface area contributed by atoms with Crippen molar-refractivity contribution in [3.8, 4) is 0 Å². The number of rotatable bonds is 3. The Morgan fingerprint density at radius 2 is 2.11 bits per heavy atom. The number of benzene rings is 1. The average Bonchev–Trinajstić information content (AvgIpc) is 2.39. The molecule has 0 radical (unpaired) electrons. The molecule has 5 heteroatoms. The summed E-state index contributed by atoms with van der Waals surface area (Å²) in [6, 6.07) is 12.2. The van der Waals surface area contributed by atoms with Gasteiger partial charge >= 0.3 is 5.91 Å². The normalized spacial score (nSPS) is 11.9. The molecule has 0 aliphatic heterocycles. The van der Waals surface area contributed by atoms with Crippen molar-refractivity contribution in [3.05, 3.63) is 69.6 Å². The van der Waals surface area contributed by atoms with E-state index in [1.807, 2.05) is 31.2 Å². The molecule has 98 valence electrons. The molecule has 0 saturated heterocycles. The van der Waals surface area contributed by atoms with Gasteiger partial charge in [0.2, 0.25) is 0 Å². The molecule has 0 aliphatic rings. The Labute approximate surface area is 119 Å². The number of amides is 1. The number of nitrogens with zero attached hydrogens (tertiary/aromatic N) is 1. The molecule has 1 atom stereocenters. The second-order valence-corrected chi connectivity index (χ2v) is 5.08. The predicted octanol–water partition coefficient (Wildman–Crippen LogP) is 2.57. The number of halogens is 1. The molecular weight excluding hydrogens is 308 g/mol. The van der Waals surface area contributed by atoms with Crippen LogP contribution in [0.4, 0.5) is 0 Å². The molecule has 19 heavy (non-hydrogen) atoms. The molecule has 1 unspecified atom stereocenters. The smallest absolute Gasteiger partial charge is 0.317 e. The van der Waals surface area contributed by atoms with Gasteiger partial charge in [-0.05, 0) is 30.7 Å². The van der Waals surface area contributed by atoms with Crippen molar-refractivity contribution in [2.45, 2.75) is 13.0 Å². The monoisotopic (exact) mass is 320 g/mol. The summed E-state index contributed by atoms with van der Waals surface area (Å²) in [7, 11) is 0. The topological polar surface area (TPSA) is 56.0 Å². The van der Waals surface area contributed by atoms with Gasteiger partial charge in [-0.25, -0.2) is 0 Å². The van der Waals surface area contributed by atoms with Crippen molar-refractivity contribution in [3.63, 3.8) is 0 Å². The highest BCUT2D eigenvalue weighted by atomic mass is 79.9. The molecule has 0 spiro atoms. The van der Waals surface area contributed by atoms with E-state index < -0.39 is 0 Å². The SMILES string of the molecule is CC(NC(=O)c1cccc[n+]1[O-])c1cccc(Br)c1. The lowest BCUT2D eigenvalue weighted by Gasteiger charge is -2.14. The fourth-order valence-corrected chi connectivity index (χ4v) is 2.15. The van der Waals surface area contributed by atoms with Gasteiger partial charge in [0.15, 0.2) is 6.20 Å². The van der Waals surface area contributed by atoms with Gasteiger partial charge in [0.1, 0.15) is 0 Å². The lowest BCUT2D eigenvalue weighted by molar-refractivity contribution is -0.607. The standard InChI is InChI=1S/C14H13BrN2O2/c1-10(11-5-4-6-12(15)9-11)16-14(18)13-7-2-3-8-17(13)19/h2-10H,1H3,(H,16,18). The van der Waals surface area contributed by atoms with E-state index in [1.54, 1.807) is 12.1 Å². The summed E-state index contributed by atoms with van der Waals surface area (Å²) in [5.41, 5.74) is 1.06. The Bertz CT molecular complexity index is 602. The summed E-state index contributed by atoms with van der Waals surface area (Å²) in [5, 5.41) is 14.3. The van der Waals surface area contributed by atoms with Gasteiger partial charge in [0.25, 0.3) is 5.69 Å². The van der Waals surface area contributed by atoms with E-state index in [9.17, 15) is 10.0 Å². The van der Waals surface area contributed by atoms with Crippen molar-refractivity contribution in [1.82, 2.24) is 5.32 Å². The number of aromatic nitrogens is 1. The molecule has 1 heterocycles. The molecule has 0 aliphatic carbocycles. The second-order valence-electron chi connectivity index (χ2n) is 4.16. The number of hydrogen-bond acceptors (Lipinski definition) is 2. The average molecular weight is 321 g/mol. The third-order valence-electron chi connectivity index (χ3n) is 2.75. The van der Waals surface area contributed by atoms with E-state index in [2.05, 4.69) is 21.2 Å². The Hall–Kier alpha value is -1.88. The van der Waals surface area contributed by atoms with Crippen molar-refractivity contribution in [2.75, 3.05) is 0 Å². The van der Waals surface area contributed by atoms with Crippen LogP contribution in [-0.2, 0) is 0 Å². The van der Waals surface area contributed by atoms with Gasteiger partial charge in [-0.3, -0.25) is 4.79 Å². The highest BCUT2D eigenvalue weighted by Gasteiger charge is 2.17. The summed E-state index contributed by atoms with van der Waals surface area (Å²) in [6.07, 6.45) is 1.30. The summed E-state index contributed by atoms with van der Waals surface area (Å²) in [6.45, 7) is 1.87. The highest BCUT2D eigenvalue weighted by Crippen LogP contribution is 2.17. The number of hydrogen-bond donors (Lipinski definition) is 1. The Morgan fingerprint density at radius 3 is 2.79 bits per heavy atom. The maximum absolute atomic E-state index is 12.0. The fraction of sp³-hybridized carbons (Fsp3) is 0.143. The molecule has 0 bridgehead atoms. The number of carbonyl (C=O) groups is 1. The molecule has 1 N–H and O–H groups in total. The van der Waals surface area contributed by atoms with Crippen molar-refractivity contribution in [2.24, 2.45) is 0 Å². The molecule has 1 aromatic heterocycles. The molecule has 2 aromatic rings. The molecular formula is C14H13BrN2O2. The van der Waals surface area contributed by atoms with Gasteiger partial charge in [-0.1, -0.05) is 28.1 Å². The van der Waals surface area contributed by atoms with Gasteiger partial charge in [0, 0.05) is 16.6 Å². The quantitative estimate of drug-likeness (QED) is 0.698. The largest absolute Gasteiger partial charge is 0.618 e. The molecule has 1 amide bonds. The number of carbonyl (C=O) groups excluding carboxylic acids is 1. The van der Waals surface area contributed by atoms with E-state index in [-0.39, 0.29) is 17.6 Å². The zero-order chi connectivity index (χ0) is 13.8. The van der Waals surface area contributed by atoms with E-state index in [0.29, 0.717) is 4.73 Å². The van der Waals surface area contributed by atoms with Crippen LogP contribution in [0.3, 0.4) is 0 Å². The van der Waals surface area contributed by atoms with E-state index in [1.165, 1.54) is 12.3 Å². The highest BCUT2D eigenvalue weighted by molar-refractivity contribution is 9.10. The van der Waals surface area contributed by atoms with Crippen LogP contribution in [0.1, 0.15) is 29.0 Å². The molecule has 1 aromatic carbocycles. The van der Waals surface area contributed by atoms with Gasteiger partial charge < -0.3 is 10.5 Å². The van der Waals surface area contributed by atoms with Gasteiger partial charge in [-0.2, -0.15) is 4.73 Å². The first-order valence-corrected chi connectivity index (χ1v) is 6.62. The van der Waals surface area contributed by atoms with Crippen LogP contribution in [0, 0.1) is 5.21 Å². The van der Waals surface area contributed by atoms with Crippen molar-refractivity contribution in [1.29, 1.82) is 0 Å². The van der Waals surface area contributed by atoms with Crippen molar-refractivity contribution >= 4 is 21.8 Å². The zero-order valence-corrected chi connectivity index (χ0v) is 11.9. The summed E-state index contributed by atoms with van der Waals surface area (Å²) in [5.74, 6) is -0.386. The third kappa shape index (κ3) is 3.32. The first-order valence-electron chi connectivity index (χ1n) is 5.82. The number of pyridine rings is 1. The van der Waals surface area contributed by atoms with Crippen LogP contribution < -0.4 is 10.0 Å². The second kappa shape index (κ2) is 5.84. The zero-order valence-electron chi connectivity index (χ0n) is 10.3. The maximum atomic E-state index is 12.0. The molecule has 0 fully saturated rings. The van der Waals surface area contributed by atoms with E-state index >= 15 is 0 Å². The van der Waals surface area contributed by atoms with Crippen LogP contribution in [0.15, 0.2) is 53.1 Å². The molecule has 4 nitrogen and oxygen atoms in total.